The summed E-state index contributed by atoms with van der Waals surface area (Å²) < 4.78 is 14.2. The van der Waals surface area contributed by atoms with Crippen LogP contribution in [-0.4, -0.2) is 16.1 Å². The molecular formula is C16H10FNO3. The maximum atomic E-state index is 14.2. The summed E-state index contributed by atoms with van der Waals surface area (Å²) in [6.45, 7) is 0. The highest BCUT2D eigenvalue weighted by atomic mass is 19.1. The number of carbonyl (C=O) groups is 1. The van der Waals surface area contributed by atoms with E-state index in [2.05, 4.69) is 4.98 Å². The number of carboxylic acids is 1. The van der Waals surface area contributed by atoms with Crippen molar-refractivity contribution >= 4 is 16.9 Å². The highest BCUT2D eigenvalue weighted by Gasteiger charge is 2.16. The number of hydrogen-bond acceptors (Lipinski definition) is 2. The zero-order valence-corrected chi connectivity index (χ0v) is 10.8. The number of pyridine rings is 1. The molecule has 0 bridgehead atoms. The molecule has 0 radical (unpaired) electrons. The molecule has 1 aromatic heterocycles. The minimum Gasteiger partial charge on any atom is -0.478 e. The number of nitrogens with one attached hydrogen (secondary N) is 1. The van der Waals surface area contributed by atoms with Gasteiger partial charge in [-0.05, 0) is 17.7 Å². The second-order valence-corrected chi connectivity index (χ2v) is 4.57. The standard InChI is InChI=1S/C16H10FNO3/c17-14-11(16(20)21)7-6-10-13(19)8-12(18-15(10)14)9-4-2-1-3-5-9/h1-8H,(H,18,19)(H,20,21). The zero-order chi connectivity index (χ0) is 15.0. The fourth-order valence-electron chi connectivity index (χ4n) is 2.22. The molecule has 104 valence electrons. The maximum Gasteiger partial charge on any atom is 0.338 e. The monoisotopic (exact) mass is 283 g/mol. The minimum atomic E-state index is -1.37. The van der Waals surface area contributed by atoms with Crippen molar-refractivity contribution < 1.29 is 14.3 Å². The van der Waals surface area contributed by atoms with Crippen LogP contribution in [0, 0.1) is 5.82 Å². The van der Waals surface area contributed by atoms with Crippen molar-refractivity contribution in [3.8, 4) is 11.3 Å². The van der Waals surface area contributed by atoms with Gasteiger partial charge in [-0.15, -0.1) is 0 Å². The van der Waals surface area contributed by atoms with Gasteiger partial charge in [0.25, 0.3) is 0 Å². The van der Waals surface area contributed by atoms with Gasteiger partial charge < -0.3 is 10.1 Å². The number of benzene rings is 2. The molecular weight excluding hydrogens is 273 g/mol. The fourth-order valence-corrected chi connectivity index (χ4v) is 2.22. The fraction of sp³-hybridized carbons (Fsp3) is 0. The number of halogens is 1. The number of H-pyrrole nitrogens is 1. The third-order valence-corrected chi connectivity index (χ3v) is 3.26. The molecule has 0 amide bonds. The van der Waals surface area contributed by atoms with Gasteiger partial charge in [0.2, 0.25) is 0 Å². The molecule has 0 aliphatic rings. The minimum absolute atomic E-state index is 0.0961. The van der Waals surface area contributed by atoms with Crippen LogP contribution < -0.4 is 5.43 Å². The van der Waals surface area contributed by atoms with Crippen molar-refractivity contribution in [1.82, 2.24) is 4.98 Å². The van der Waals surface area contributed by atoms with Crippen molar-refractivity contribution in [2.75, 3.05) is 0 Å². The summed E-state index contributed by atoms with van der Waals surface area (Å²) in [6, 6.07) is 12.7. The van der Waals surface area contributed by atoms with Gasteiger partial charge in [0.15, 0.2) is 11.2 Å². The van der Waals surface area contributed by atoms with E-state index in [-0.39, 0.29) is 16.3 Å². The lowest BCUT2D eigenvalue weighted by atomic mass is 10.1. The van der Waals surface area contributed by atoms with Crippen LogP contribution in [0.5, 0.6) is 0 Å². The second kappa shape index (κ2) is 4.86. The first-order valence-corrected chi connectivity index (χ1v) is 6.22. The van der Waals surface area contributed by atoms with E-state index >= 15 is 0 Å². The van der Waals surface area contributed by atoms with Gasteiger partial charge in [-0.2, -0.15) is 0 Å². The number of aromatic amines is 1. The molecule has 0 fully saturated rings. The number of aromatic carboxylic acids is 1. The molecule has 0 saturated carbocycles. The van der Waals surface area contributed by atoms with E-state index in [1.807, 2.05) is 6.07 Å². The molecule has 3 aromatic rings. The maximum absolute atomic E-state index is 14.2. The van der Waals surface area contributed by atoms with E-state index in [1.54, 1.807) is 24.3 Å². The predicted molar refractivity (Wildman–Crippen MR) is 76.9 cm³/mol. The van der Waals surface area contributed by atoms with Gasteiger partial charge >= 0.3 is 5.97 Å². The SMILES string of the molecule is O=C(O)c1ccc2c(=O)cc(-c3ccccc3)[nH]c2c1F. The molecule has 4 nitrogen and oxygen atoms in total. The third kappa shape index (κ3) is 2.18. The average molecular weight is 283 g/mol. The highest BCUT2D eigenvalue weighted by molar-refractivity contribution is 5.94. The van der Waals surface area contributed by atoms with Gasteiger partial charge in [-0.3, -0.25) is 4.79 Å². The van der Waals surface area contributed by atoms with Crippen LogP contribution in [-0.2, 0) is 0 Å². The lowest BCUT2D eigenvalue weighted by Gasteiger charge is -2.07. The first kappa shape index (κ1) is 13.1. The number of hydrogen-bond donors (Lipinski definition) is 2. The van der Waals surface area contributed by atoms with Crippen molar-refractivity contribution in [2.45, 2.75) is 0 Å². The quantitative estimate of drug-likeness (QED) is 0.759. The Balaban J connectivity index is 2.34. The van der Waals surface area contributed by atoms with Gasteiger partial charge in [-0.1, -0.05) is 30.3 Å². The second-order valence-electron chi connectivity index (χ2n) is 4.57. The van der Waals surface area contributed by atoms with Crippen LogP contribution in [0.25, 0.3) is 22.2 Å². The zero-order valence-electron chi connectivity index (χ0n) is 10.8. The predicted octanol–water partition coefficient (Wildman–Crippen LogP) is 3.03. The Morgan fingerprint density at radius 1 is 1.10 bits per heavy atom. The number of fused-ring (bicyclic) bond motifs is 1. The molecule has 0 aliphatic carbocycles. The van der Waals surface area contributed by atoms with Gasteiger partial charge in [-0.25, -0.2) is 9.18 Å². The molecule has 5 heteroatoms. The van der Waals surface area contributed by atoms with Crippen molar-refractivity contribution in [3.05, 3.63) is 70.1 Å². The number of carboxylic acid groups (broad SMARTS) is 1. The Morgan fingerprint density at radius 3 is 2.48 bits per heavy atom. The Kier molecular flexibility index (Phi) is 3.02. The van der Waals surface area contributed by atoms with Crippen molar-refractivity contribution in [1.29, 1.82) is 0 Å². The van der Waals surface area contributed by atoms with E-state index in [4.69, 9.17) is 5.11 Å². The molecule has 0 atom stereocenters. The first-order valence-electron chi connectivity index (χ1n) is 6.22. The summed E-state index contributed by atoms with van der Waals surface area (Å²) in [5, 5.41) is 9.07. The molecule has 0 unspecified atom stereocenters. The molecule has 0 spiro atoms. The summed E-state index contributed by atoms with van der Waals surface area (Å²) in [7, 11) is 0. The smallest absolute Gasteiger partial charge is 0.338 e. The molecule has 3 rings (SSSR count). The molecule has 21 heavy (non-hydrogen) atoms. The van der Waals surface area contributed by atoms with Crippen LogP contribution >= 0.6 is 0 Å². The largest absolute Gasteiger partial charge is 0.478 e. The summed E-state index contributed by atoms with van der Waals surface area (Å²) in [4.78, 5) is 25.9. The number of aromatic nitrogens is 1. The Morgan fingerprint density at radius 2 is 1.81 bits per heavy atom. The van der Waals surface area contributed by atoms with Gasteiger partial charge in [0, 0.05) is 17.1 Å². The van der Waals surface area contributed by atoms with Gasteiger partial charge in [0.1, 0.15) is 0 Å². The van der Waals surface area contributed by atoms with E-state index in [0.29, 0.717) is 5.69 Å². The Hall–Kier alpha value is -2.95. The summed E-state index contributed by atoms with van der Waals surface area (Å²) in [5.74, 6) is -2.31. The highest BCUT2D eigenvalue weighted by Crippen LogP contribution is 2.21. The molecule has 2 N–H and O–H groups in total. The number of rotatable bonds is 2. The third-order valence-electron chi connectivity index (χ3n) is 3.26. The summed E-state index contributed by atoms with van der Waals surface area (Å²) >= 11 is 0. The van der Waals surface area contributed by atoms with Crippen LogP contribution in [0.4, 0.5) is 4.39 Å². The van der Waals surface area contributed by atoms with Crippen LogP contribution in [0.1, 0.15) is 10.4 Å². The summed E-state index contributed by atoms with van der Waals surface area (Å²) in [5.41, 5.74) is 0.231. The first-order chi connectivity index (χ1) is 10.1. The Bertz CT molecular complexity index is 901. The lowest BCUT2D eigenvalue weighted by Crippen LogP contribution is -2.08. The van der Waals surface area contributed by atoms with E-state index < -0.39 is 17.3 Å². The topological polar surface area (TPSA) is 70.2 Å². The molecule has 0 aliphatic heterocycles. The average Bonchev–Trinajstić information content (AvgIpc) is 2.48. The molecule has 0 saturated heterocycles. The van der Waals surface area contributed by atoms with Crippen molar-refractivity contribution in [2.24, 2.45) is 0 Å². The summed E-state index contributed by atoms with van der Waals surface area (Å²) in [6.07, 6.45) is 0. The molecule has 2 aromatic carbocycles. The van der Waals surface area contributed by atoms with Crippen molar-refractivity contribution in [3.63, 3.8) is 0 Å². The lowest BCUT2D eigenvalue weighted by molar-refractivity contribution is 0.0692. The van der Waals surface area contributed by atoms with E-state index in [9.17, 15) is 14.0 Å². The van der Waals surface area contributed by atoms with E-state index in [0.717, 1.165) is 11.6 Å². The Labute approximate surface area is 118 Å². The van der Waals surface area contributed by atoms with E-state index in [1.165, 1.54) is 12.1 Å². The molecule has 1 heterocycles. The van der Waals surface area contributed by atoms with Gasteiger partial charge in [0.05, 0.1) is 11.1 Å². The van der Waals surface area contributed by atoms with Crippen LogP contribution in [0.15, 0.2) is 53.3 Å². The van der Waals surface area contributed by atoms with Crippen LogP contribution in [0.3, 0.4) is 0 Å². The normalized spacial score (nSPS) is 10.7. The van der Waals surface area contributed by atoms with Crippen LogP contribution in [0.2, 0.25) is 0 Å².